The van der Waals surface area contributed by atoms with E-state index in [4.69, 9.17) is 10.5 Å². The number of ether oxygens (including phenoxy) is 1. The zero-order valence-electron chi connectivity index (χ0n) is 8.13. The summed E-state index contributed by atoms with van der Waals surface area (Å²) in [5, 5.41) is 3.89. The zero-order chi connectivity index (χ0) is 10.1. The molecule has 1 rings (SSSR count). The normalized spacial score (nSPS) is 29.2. The first kappa shape index (κ1) is 9.98. The largest absolute Gasteiger partial charge is 0.366 e. The first-order valence-corrected chi connectivity index (χ1v) is 4.22. The minimum atomic E-state index is -0.650. The van der Waals surface area contributed by atoms with Gasteiger partial charge in [0, 0.05) is 6.42 Å². The molecule has 0 aromatic rings. The molecule has 13 heavy (non-hydrogen) atoms. The molecule has 3 N–H and O–H groups in total. The number of primary amides is 1. The molecular weight excluding hydrogens is 170 g/mol. The Hall–Kier alpha value is -1.10. The Morgan fingerprint density at radius 1 is 1.77 bits per heavy atom. The van der Waals surface area contributed by atoms with Crippen LogP contribution >= 0.6 is 0 Å². The SMILES string of the molecule is CC1C/C(=N/NC(N)=O)C(C)(C)O1. The molecule has 2 amide bonds. The van der Waals surface area contributed by atoms with E-state index in [0.717, 1.165) is 12.1 Å². The van der Waals surface area contributed by atoms with Crippen molar-refractivity contribution in [3.8, 4) is 0 Å². The lowest BCUT2D eigenvalue weighted by atomic mass is 10.0. The lowest BCUT2D eigenvalue weighted by Gasteiger charge is -2.18. The van der Waals surface area contributed by atoms with Crippen LogP contribution in [0.1, 0.15) is 27.2 Å². The molecule has 1 fully saturated rings. The summed E-state index contributed by atoms with van der Waals surface area (Å²) < 4.78 is 5.57. The molecule has 1 heterocycles. The van der Waals surface area contributed by atoms with E-state index in [0.29, 0.717) is 0 Å². The maximum Gasteiger partial charge on any atom is 0.332 e. The van der Waals surface area contributed by atoms with Crippen molar-refractivity contribution in [3.05, 3.63) is 0 Å². The molecule has 74 valence electrons. The van der Waals surface area contributed by atoms with Crippen LogP contribution in [0.4, 0.5) is 4.79 Å². The fraction of sp³-hybridized carbons (Fsp3) is 0.750. The van der Waals surface area contributed by atoms with Gasteiger partial charge in [0.25, 0.3) is 0 Å². The van der Waals surface area contributed by atoms with E-state index >= 15 is 0 Å². The van der Waals surface area contributed by atoms with Gasteiger partial charge in [0.2, 0.25) is 0 Å². The maximum absolute atomic E-state index is 10.4. The van der Waals surface area contributed by atoms with E-state index in [1.54, 1.807) is 0 Å². The summed E-state index contributed by atoms with van der Waals surface area (Å²) in [7, 11) is 0. The predicted molar refractivity (Wildman–Crippen MR) is 49.4 cm³/mol. The van der Waals surface area contributed by atoms with Gasteiger partial charge in [-0.2, -0.15) is 5.10 Å². The second-order valence-corrected chi connectivity index (χ2v) is 3.68. The molecule has 1 aliphatic rings. The molecule has 0 aliphatic carbocycles. The molecule has 1 saturated heterocycles. The van der Waals surface area contributed by atoms with Gasteiger partial charge in [0.1, 0.15) is 5.60 Å². The number of hydrogen-bond acceptors (Lipinski definition) is 3. The fourth-order valence-electron chi connectivity index (χ4n) is 1.43. The van der Waals surface area contributed by atoms with Crippen LogP contribution in [0.25, 0.3) is 0 Å². The average molecular weight is 185 g/mol. The molecule has 1 aliphatic heterocycles. The molecule has 0 radical (unpaired) electrons. The van der Waals surface area contributed by atoms with Gasteiger partial charge in [-0.05, 0) is 20.8 Å². The van der Waals surface area contributed by atoms with Gasteiger partial charge in [-0.1, -0.05) is 0 Å². The van der Waals surface area contributed by atoms with Crippen molar-refractivity contribution in [2.24, 2.45) is 10.8 Å². The van der Waals surface area contributed by atoms with E-state index in [2.05, 4.69) is 10.5 Å². The smallest absolute Gasteiger partial charge is 0.332 e. The minimum Gasteiger partial charge on any atom is -0.366 e. The van der Waals surface area contributed by atoms with Gasteiger partial charge in [0.05, 0.1) is 11.8 Å². The number of nitrogens with zero attached hydrogens (tertiary/aromatic N) is 1. The number of nitrogens with one attached hydrogen (secondary N) is 1. The molecule has 0 aromatic heterocycles. The quantitative estimate of drug-likeness (QED) is 0.587. The molecule has 0 saturated carbocycles. The van der Waals surface area contributed by atoms with Crippen LogP contribution in [0.15, 0.2) is 5.10 Å². The van der Waals surface area contributed by atoms with Crippen molar-refractivity contribution in [1.82, 2.24) is 5.43 Å². The number of hydrogen-bond donors (Lipinski definition) is 2. The van der Waals surface area contributed by atoms with Crippen molar-refractivity contribution in [2.75, 3.05) is 0 Å². The summed E-state index contributed by atoms with van der Waals surface area (Å²) in [6.07, 6.45) is 0.872. The van der Waals surface area contributed by atoms with Crippen molar-refractivity contribution < 1.29 is 9.53 Å². The number of hydrazone groups is 1. The van der Waals surface area contributed by atoms with Crippen molar-refractivity contribution in [3.63, 3.8) is 0 Å². The Labute approximate surface area is 77.3 Å². The lowest BCUT2D eigenvalue weighted by Crippen LogP contribution is -2.32. The van der Waals surface area contributed by atoms with Gasteiger partial charge < -0.3 is 10.5 Å². The highest BCUT2D eigenvalue weighted by Gasteiger charge is 2.36. The van der Waals surface area contributed by atoms with E-state index < -0.39 is 11.6 Å². The molecule has 5 heteroatoms. The van der Waals surface area contributed by atoms with Crippen LogP contribution in [-0.4, -0.2) is 23.4 Å². The lowest BCUT2D eigenvalue weighted by molar-refractivity contribution is 0.0149. The Morgan fingerprint density at radius 2 is 2.38 bits per heavy atom. The Balaban J connectivity index is 2.69. The second-order valence-electron chi connectivity index (χ2n) is 3.68. The van der Waals surface area contributed by atoms with Crippen LogP contribution in [0.2, 0.25) is 0 Å². The molecule has 1 atom stereocenters. The van der Waals surface area contributed by atoms with E-state index in [1.165, 1.54) is 0 Å². The average Bonchev–Trinajstić information content (AvgIpc) is 2.19. The number of rotatable bonds is 1. The number of nitrogens with two attached hydrogens (primary N) is 1. The Bertz CT molecular complexity index is 248. The summed E-state index contributed by atoms with van der Waals surface area (Å²) >= 11 is 0. The third kappa shape index (κ3) is 2.42. The Morgan fingerprint density at radius 3 is 2.77 bits per heavy atom. The van der Waals surface area contributed by atoms with Gasteiger partial charge in [-0.25, -0.2) is 10.2 Å². The van der Waals surface area contributed by atoms with Crippen LogP contribution in [-0.2, 0) is 4.74 Å². The molecule has 1 unspecified atom stereocenters. The van der Waals surface area contributed by atoms with Gasteiger partial charge in [0.15, 0.2) is 0 Å². The molecule has 0 bridgehead atoms. The monoisotopic (exact) mass is 185 g/mol. The molecule has 5 nitrogen and oxygen atoms in total. The van der Waals surface area contributed by atoms with Crippen molar-refractivity contribution >= 4 is 11.7 Å². The number of urea groups is 1. The Kier molecular flexibility index (Phi) is 2.56. The third-order valence-corrected chi connectivity index (χ3v) is 1.97. The molecule has 0 aromatic carbocycles. The van der Waals surface area contributed by atoms with Crippen LogP contribution in [0.5, 0.6) is 0 Å². The van der Waals surface area contributed by atoms with Gasteiger partial charge in [-0.3, -0.25) is 0 Å². The van der Waals surface area contributed by atoms with Crippen LogP contribution in [0, 0.1) is 0 Å². The summed E-state index contributed by atoms with van der Waals surface area (Å²) in [4.78, 5) is 10.4. The van der Waals surface area contributed by atoms with E-state index in [1.807, 2.05) is 20.8 Å². The number of carbonyl (C=O) groups is 1. The maximum atomic E-state index is 10.4. The molecular formula is C8H15N3O2. The van der Waals surface area contributed by atoms with Crippen molar-refractivity contribution in [1.29, 1.82) is 0 Å². The van der Waals surface area contributed by atoms with E-state index in [-0.39, 0.29) is 6.10 Å². The van der Waals surface area contributed by atoms with Gasteiger partial charge >= 0.3 is 6.03 Å². The molecule has 0 spiro atoms. The topological polar surface area (TPSA) is 76.7 Å². The highest BCUT2D eigenvalue weighted by atomic mass is 16.5. The number of carbonyl (C=O) groups excluding carboxylic acids is 1. The first-order chi connectivity index (χ1) is 5.92. The summed E-state index contributed by atoms with van der Waals surface area (Å²) in [5.74, 6) is 0. The minimum absolute atomic E-state index is 0.142. The van der Waals surface area contributed by atoms with Crippen LogP contribution in [0.3, 0.4) is 0 Å². The highest BCUT2D eigenvalue weighted by molar-refractivity contribution is 5.94. The fourth-order valence-corrected chi connectivity index (χ4v) is 1.43. The summed E-state index contributed by atoms with van der Waals surface area (Å²) in [5.41, 5.74) is 7.52. The standard InChI is InChI=1S/C8H15N3O2/c1-5-4-6(8(2,3)13-5)10-11-7(9)12/h5H,4H2,1-3H3,(H3,9,11,12)/b10-6-. The first-order valence-electron chi connectivity index (χ1n) is 4.22. The predicted octanol–water partition coefficient (Wildman–Crippen LogP) is 0.598. The van der Waals surface area contributed by atoms with Gasteiger partial charge in [-0.15, -0.1) is 0 Å². The van der Waals surface area contributed by atoms with Crippen LogP contribution < -0.4 is 11.2 Å². The van der Waals surface area contributed by atoms with Crippen molar-refractivity contribution in [2.45, 2.75) is 38.9 Å². The zero-order valence-corrected chi connectivity index (χ0v) is 8.13. The number of amides is 2. The second kappa shape index (κ2) is 3.33. The summed E-state index contributed by atoms with van der Waals surface area (Å²) in [6, 6.07) is -0.650. The highest BCUT2D eigenvalue weighted by Crippen LogP contribution is 2.26. The van der Waals surface area contributed by atoms with E-state index in [9.17, 15) is 4.79 Å². The third-order valence-electron chi connectivity index (χ3n) is 1.97. The summed E-state index contributed by atoms with van der Waals surface area (Å²) in [6.45, 7) is 5.80.